The van der Waals surface area contributed by atoms with E-state index in [9.17, 15) is 5.21 Å². The van der Waals surface area contributed by atoms with Gasteiger partial charge in [-0.1, -0.05) is 0 Å². The topological polar surface area (TPSA) is 52.8 Å². The fourth-order valence-corrected chi connectivity index (χ4v) is 1.87. The molecule has 0 saturated heterocycles. The number of benzene rings is 1. The van der Waals surface area contributed by atoms with Gasteiger partial charge in [0, 0.05) is 16.9 Å². The largest absolute Gasteiger partial charge is 0.342 e. The van der Waals surface area contributed by atoms with Gasteiger partial charge in [-0.05, 0) is 19.1 Å². The molecule has 0 aliphatic carbocycles. The standard InChI is InChI=1S/C11H9N3O/c1-7-12-9-4-5-10-8(11(9)13-7)3-2-6-14(10)15/h2-6,15H,1H3/p+1. The number of nitrogens with zero attached hydrogens (tertiary/aromatic N) is 2. The second-order valence-corrected chi connectivity index (χ2v) is 3.57. The molecule has 0 amide bonds. The number of imidazole rings is 1. The number of nitrogens with one attached hydrogen (secondary N) is 1. The first-order chi connectivity index (χ1) is 7.25. The van der Waals surface area contributed by atoms with E-state index in [1.165, 1.54) is 0 Å². The van der Waals surface area contributed by atoms with E-state index in [0.717, 1.165) is 32.5 Å². The van der Waals surface area contributed by atoms with Crippen LogP contribution in [0.15, 0.2) is 30.5 Å². The van der Waals surface area contributed by atoms with E-state index in [-0.39, 0.29) is 0 Å². The lowest BCUT2D eigenvalue weighted by Gasteiger charge is -1.93. The van der Waals surface area contributed by atoms with E-state index in [0.29, 0.717) is 0 Å². The molecule has 4 heteroatoms. The lowest BCUT2D eigenvalue weighted by atomic mass is 10.2. The van der Waals surface area contributed by atoms with Crippen LogP contribution in [0, 0.1) is 6.92 Å². The van der Waals surface area contributed by atoms with Gasteiger partial charge in [-0.2, -0.15) is 0 Å². The number of rotatable bonds is 0. The monoisotopic (exact) mass is 200 g/mol. The quantitative estimate of drug-likeness (QED) is 0.427. The van der Waals surface area contributed by atoms with Crippen LogP contribution in [0.1, 0.15) is 5.82 Å². The molecule has 0 fully saturated rings. The molecule has 0 saturated carbocycles. The maximum Gasteiger partial charge on any atom is 0.266 e. The molecule has 3 rings (SSSR count). The van der Waals surface area contributed by atoms with Gasteiger partial charge < -0.3 is 4.98 Å². The van der Waals surface area contributed by atoms with E-state index in [1.807, 2.05) is 25.1 Å². The normalized spacial score (nSPS) is 11.3. The average Bonchev–Trinajstić information content (AvgIpc) is 2.59. The molecule has 0 aliphatic rings. The molecule has 1 aromatic carbocycles. The second-order valence-electron chi connectivity index (χ2n) is 3.57. The minimum atomic E-state index is 0.761. The van der Waals surface area contributed by atoms with Crippen molar-refractivity contribution in [3.05, 3.63) is 36.3 Å². The van der Waals surface area contributed by atoms with Crippen molar-refractivity contribution < 1.29 is 9.94 Å². The highest BCUT2D eigenvalue weighted by atomic mass is 16.5. The molecule has 3 aromatic rings. The highest BCUT2D eigenvalue weighted by molar-refractivity contribution is 6.01. The van der Waals surface area contributed by atoms with Gasteiger partial charge in [0.1, 0.15) is 11.3 Å². The summed E-state index contributed by atoms with van der Waals surface area (Å²) in [6.45, 7) is 1.92. The number of aryl methyl sites for hydroxylation is 1. The molecule has 2 N–H and O–H groups in total. The van der Waals surface area contributed by atoms with Gasteiger partial charge in [0.2, 0.25) is 6.20 Å². The number of H-pyrrole nitrogens is 1. The molecule has 0 spiro atoms. The molecule has 0 atom stereocenters. The number of hydrogen-bond acceptors (Lipinski definition) is 2. The van der Waals surface area contributed by atoms with Gasteiger partial charge in [0.05, 0.1) is 10.9 Å². The molecule has 74 valence electrons. The fraction of sp³-hybridized carbons (Fsp3) is 0.0909. The van der Waals surface area contributed by atoms with Gasteiger partial charge in [-0.15, -0.1) is 0 Å². The summed E-state index contributed by atoms with van der Waals surface area (Å²) >= 11 is 0. The first-order valence-electron chi connectivity index (χ1n) is 4.75. The van der Waals surface area contributed by atoms with Crippen LogP contribution < -0.4 is 4.73 Å². The van der Waals surface area contributed by atoms with Gasteiger partial charge >= 0.3 is 0 Å². The lowest BCUT2D eigenvalue weighted by molar-refractivity contribution is -0.884. The molecular formula is C11H10N3O+. The zero-order valence-corrected chi connectivity index (χ0v) is 8.23. The van der Waals surface area contributed by atoms with Crippen LogP contribution in [0.5, 0.6) is 0 Å². The van der Waals surface area contributed by atoms with Crippen LogP contribution in [-0.4, -0.2) is 15.2 Å². The highest BCUT2D eigenvalue weighted by Gasteiger charge is 2.11. The molecule has 15 heavy (non-hydrogen) atoms. The molecule has 0 aliphatic heterocycles. The summed E-state index contributed by atoms with van der Waals surface area (Å²) in [4.78, 5) is 7.57. The van der Waals surface area contributed by atoms with Gasteiger partial charge in [-0.25, -0.2) is 4.98 Å². The number of pyridine rings is 1. The molecular weight excluding hydrogens is 190 g/mol. The Hall–Kier alpha value is -2.10. The first-order valence-corrected chi connectivity index (χ1v) is 4.75. The summed E-state index contributed by atoms with van der Waals surface area (Å²) in [5.41, 5.74) is 2.65. The van der Waals surface area contributed by atoms with E-state index < -0.39 is 0 Å². The van der Waals surface area contributed by atoms with Crippen LogP contribution >= 0.6 is 0 Å². The van der Waals surface area contributed by atoms with Crippen molar-refractivity contribution in [2.24, 2.45) is 0 Å². The summed E-state index contributed by atoms with van der Waals surface area (Å²) in [5, 5.41) is 10.6. The van der Waals surface area contributed by atoms with Crippen molar-refractivity contribution in [1.82, 2.24) is 9.97 Å². The van der Waals surface area contributed by atoms with Crippen LogP contribution in [0.2, 0.25) is 0 Å². The minimum Gasteiger partial charge on any atom is -0.342 e. The third-order valence-corrected chi connectivity index (χ3v) is 2.53. The Labute approximate surface area is 85.8 Å². The van der Waals surface area contributed by atoms with Crippen molar-refractivity contribution in [2.75, 3.05) is 0 Å². The van der Waals surface area contributed by atoms with E-state index >= 15 is 0 Å². The SMILES string of the molecule is Cc1nc2c(ccc3c2ccc[n+]3O)[nH]1. The van der Waals surface area contributed by atoms with Crippen LogP contribution in [0.25, 0.3) is 21.9 Å². The van der Waals surface area contributed by atoms with Crippen LogP contribution in [-0.2, 0) is 0 Å². The molecule has 2 aromatic heterocycles. The molecule has 2 heterocycles. The Morgan fingerprint density at radius 2 is 2.20 bits per heavy atom. The van der Waals surface area contributed by atoms with Crippen LogP contribution in [0.3, 0.4) is 0 Å². The maximum atomic E-state index is 9.62. The molecule has 4 nitrogen and oxygen atoms in total. The molecule has 0 radical (unpaired) electrons. The Bertz CT molecular complexity index is 657. The second kappa shape index (κ2) is 2.70. The number of aromatic nitrogens is 3. The van der Waals surface area contributed by atoms with E-state index in [4.69, 9.17) is 0 Å². The van der Waals surface area contributed by atoms with Crippen molar-refractivity contribution >= 4 is 21.9 Å². The highest BCUT2D eigenvalue weighted by Crippen LogP contribution is 2.20. The zero-order chi connectivity index (χ0) is 10.4. The predicted molar refractivity (Wildman–Crippen MR) is 55.7 cm³/mol. The minimum absolute atomic E-state index is 0.761. The maximum absolute atomic E-state index is 9.62. The number of hydrogen-bond donors (Lipinski definition) is 2. The van der Waals surface area contributed by atoms with Gasteiger partial charge in [0.15, 0.2) is 0 Å². The van der Waals surface area contributed by atoms with Crippen molar-refractivity contribution in [3.63, 3.8) is 0 Å². The van der Waals surface area contributed by atoms with Crippen molar-refractivity contribution in [2.45, 2.75) is 6.92 Å². The zero-order valence-electron chi connectivity index (χ0n) is 8.23. The summed E-state index contributed by atoms with van der Waals surface area (Å²) in [5.74, 6) is 0.880. The average molecular weight is 200 g/mol. The molecule has 0 bridgehead atoms. The Balaban J connectivity index is 2.59. The Morgan fingerprint density at radius 1 is 1.33 bits per heavy atom. The predicted octanol–water partition coefficient (Wildman–Crippen LogP) is 1.55. The first kappa shape index (κ1) is 8.23. The third-order valence-electron chi connectivity index (χ3n) is 2.53. The smallest absolute Gasteiger partial charge is 0.266 e. The summed E-state index contributed by atoms with van der Waals surface area (Å²) in [7, 11) is 0. The van der Waals surface area contributed by atoms with Crippen molar-refractivity contribution in [1.29, 1.82) is 0 Å². The lowest BCUT2D eigenvalue weighted by Crippen LogP contribution is -2.29. The van der Waals surface area contributed by atoms with Crippen molar-refractivity contribution in [3.8, 4) is 0 Å². The summed E-state index contributed by atoms with van der Waals surface area (Å²) in [6, 6.07) is 7.54. The van der Waals surface area contributed by atoms with E-state index in [2.05, 4.69) is 9.97 Å². The third kappa shape index (κ3) is 1.08. The Morgan fingerprint density at radius 3 is 3.07 bits per heavy atom. The number of fused-ring (bicyclic) bond motifs is 3. The Kier molecular flexibility index (Phi) is 1.48. The van der Waals surface area contributed by atoms with Crippen LogP contribution in [0.4, 0.5) is 0 Å². The summed E-state index contributed by atoms with van der Waals surface area (Å²) in [6.07, 6.45) is 1.60. The summed E-state index contributed by atoms with van der Waals surface area (Å²) < 4.78 is 1.11. The molecule has 0 unspecified atom stereocenters. The van der Waals surface area contributed by atoms with Gasteiger partial charge in [0.25, 0.3) is 5.52 Å². The van der Waals surface area contributed by atoms with E-state index in [1.54, 1.807) is 12.3 Å². The number of aromatic amines is 1. The fourth-order valence-electron chi connectivity index (χ4n) is 1.87. The van der Waals surface area contributed by atoms with Gasteiger partial charge in [-0.3, -0.25) is 5.21 Å².